The van der Waals surface area contributed by atoms with Gasteiger partial charge in [0, 0.05) is 4.43 Å². The van der Waals surface area contributed by atoms with Gasteiger partial charge in [0.05, 0.1) is 0 Å². The molecular formula is C7H9I. The second kappa shape index (κ2) is 3.28. The predicted molar refractivity (Wildman–Crippen MR) is 45.3 cm³/mol. The summed E-state index contributed by atoms with van der Waals surface area (Å²) in [5.74, 6) is 0. The zero-order valence-electron chi connectivity index (χ0n) is 4.73. The van der Waals surface area contributed by atoms with Gasteiger partial charge >= 0.3 is 0 Å². The first-order valence-electron chi connectivity index (χ1n) is 2.84. The molecule has 0 aliphatic heterocycles. The number of allylic oxidation sites excluding steroid dienone is 4. The van der Waals surface area contributed by atoms with Crippen molar-refractivity contribution >= 4 is 22.6 Å². The van der Waals surface area contributed by atoms with Crippen molar-refractivity contribution in [2.24, 2.45) is 0 Å². The van der Waals surface area contributed by atoms with Crippen LogP contribution in [0.2, 0.25) is 0 Å². The zero-order chi connectivity index (χ0) is 5.82. The van der Waals surface area contributed by atoms with Crippen LogP contribution in [0.25, 0.3) is 0 Å². The van der Waals surface area contributed by atoms with E-state index < -0.39 is 0 Å². The lowest BCUT2D eigenvalue weighted by Gasteiger charge is -2.02. The van der Waals surface area contributed by atoms with E-state index in [0.717, 1.165) is 0 Å². The van der Waals surface area contributed by atoms with Crippen molar-refractivity contribution in [2.45, 2.75) is 12.8 Å². The minimum absolute atomic E-state index is 1.20. The van der Waals surface area contributed by atoms with E-state index in [-0.39, 0.29) is 0 Å². The van der Waals surface area contributed by atoms with Crippen LogP contribution < -0.4 is 0 Å². The zero-order valence-corrected chi connectivity index (χ0v) is 6.89. The summed E-state index contributed by atoms with van der Waals surface area (Å²) in [7, 11) is 0. The van der Waals surface area contributed by atoms with Crippen LogP contribution in [0.1, 0.15) is 12.8 Å². The largest absolute Gasteiger partial charge is 0.0842 e. The molecule has 1 aliphatic carbocycles. The van der Waals surface area contributed by atoms with Crippen molar-refractivity contribution < 1.29 is 0 Å². The van der Waals surface area contributed by atoms with Crippen molar-refractivity contribution in [2.75, 3.05) is 4.43 Å². The quantitative estimate of drug-likeness (QED) is 0.470. The second-order valence-electron chi connectivity index (χ2n) is 1.93. The Hall–Kier alpha value is 0.210. The molecule has 0 unspecified atom stereocenters. The maximum absolute atomic E-state index is 2.40. The van der Waals surface area contributed by atoms with Crippen LogP contribution in [0.5, 0.6) is 0 Å². The summed E-state index contributed by atoms with van der Waals surface area (Å²) < 4.78 is 1.20. The SMILES string of the molecule is ICC1=CC=CCC1. The third kappa shape index (κ3) is 1.62. The van der Waals surface area contributed by atoms with Gasteiger partial charge in [0.25, 0.3) is 0 Å². The highest BCUT2D eigenvalue weighted by atomic mass is 127. The van der Waals surface area contributed by atoms with E-state index in [4.69, 9.17) is 0 Å². The molecule has 0 fully saturated rings. The number of hydrogen-bond donors (Lipinski definition) is 0. The summed E-state index contributed by atoms with van der Waals surface area (Å²) in [6, 6.07) is 0. The van der Waals surface area contributed by atoms with Gasteiger partial charge in [-0.3, -0.25) is 0 Å². The average molecular weight is 220 g/mol. The molecule has 0 N–H and O–H groups in total. The van der Waals surface area contributed by atoms with Gasteiger partial charge < -0.3 is 0 Å². The summed E-state index contributed by atoms with van der Waals surface area (Å²) in [4.78, 5) is 0. The third-order valence-electron chi connectivity index (χ3n) is 1.27. The molecule has 0 nitrogen and oxygen atoms in total. The van der Waals surface area contributed by atoms with E-state index in [1.54, 1.807) is 5.57 Å². The smallest absolute Gasteiger partial charge is 0.0209 e. The molecule has 0 spiro atoms. The van der Waals surface area contributed by atoms with E-state index in [1.807, 2.05) is 0 Å². The maximum atomic E-state index is 2.40. The molecule has 1 heteroatoms. The first-order chi connectivity index (χ1) is 3.93. The Morgan fingerprint density at radius 2 is 2.50 bits per heavy atom. The molecule has 8 heavy (non-hydrogen) atoms. The van der Waals surface area contributed by atoms with Crippen LogP contribution in [0.3, 0.4) is 0 Å². The lowest BCUT2D eigenvalue weighted by atomic mass is 10.1. The van der Waals surface area contributed by atoms with Crippen molar-refractivity contribution in [1.29, 1.82) is 0 Å². The molecule has 0 radical (unpaired) electrons. The maximum Gasteiger partial charge on any atom is 0.0209 e. The molecule has 0 bridgehead atoms. The molecule has 44 valence electrons. The van der Waals surface area contributed by atoms with Crippen LogP contribution >= 0.6 is 22.6 Å². The Balaban J connectivity index is 2.50. The molecule has 0 amide bonds. The van der Waals surface area contributed by atoms with E-state index >= 15 is 0 Å². The topological polar surface area (TPSA) is 0 Å². The van der Waals surface area contributed by atoms with E-state index in [1.165, 1.54) is 17.3 Å². The highest BCUT2D eigenvalue weighted by Gasteiger charge is 1.94. The molecule has 0 atom stereocenters. The van der Waals surface area contributed by atoms with Crippen LogP contribution in [0.4, 0.5) is 0 Å². The normalized spacial score (nSPS) is 18.4. The first kappa shape index (κ1) is 6.33. The van der Waals surface area contributed by atoms with E-state index in [9.17, 15) is 0 Å². The van der Waals surface area contributed by atoms with Gasteiger partial charge in [0.15, 0.2) is 0 Å². The van der Waals surface area contributed by atoms with Crippen LogP contribution in [-0.4, -0.2) is 4.43 Å². The fraction of sp³-hybridized carbons (Fsp3) is 0.429. The molecule has 0 aromatic rings. The van der Waals surface area contributed by atoms with Gasteiger partial charge in [0.2, 0.25) is 0 Å². The Labute approximate surface area is 63.8 Å². The molecule has 1 rings (SSSR count). The monoisotopic (exact) mass is 220 g/mol. The fourth-order valence-corrected chi connectivity index (χ4v) is 1.40. The lowest BCUT2D eigenvalue weighted by Crippen LogP contribution is -1.86. The summed E-state index contributed by atoms with van der Waals surface area (Å²) in [6.45, 7) is 0. The van der Waals surface area contributed by atoms with Crippen LogP contribution in [0, 0.1) is 0 Å². The minimum atomic E-state index is 1.20. The number of rotatable bonds is 1. The Morgan fingerprint density at radius 1 is 1.62 bits per heavy atom. The summed E-state index contributed by atoms with van der Waals surface area (Å²) in [5.41, 5.74) is 1.58. The molecule has 0 aromatic carbocycles. The van der Waals surface area contributed by atoms with E-state index in [0.29, 0.717) is 0 Å². The summed E-state index contributed by atoms with van der Waals surface area (Å²) in [5, 5.41) is 0. The van der Waals surface area contributed by atoms with Crippen molar-refractivity contribution in [1.82, 2.24) is 0 Å². The van der Waals surface area contributed by atoms with Gasteiger partial charge in [-0.2, -0.15) is 0 Å². The van der Waals surface area contributed by atoms with E-state index in [2.05, 4.69) is 40.8 Å². The lowest BCUT2D eigenvalue weighted by molar-refractivity contribution is 0.971. The predicted octanol–water partition coefficient (Wildman–Crippen LogP) is 2.70. The highest BCUT2D eigenvalue weighted by molar-refractivity contribution is 14.1. The van der Waals surface area contributed by atoms with Gasteiger partial charge in [-0.15, -0.1) is 0 Å². The van der Waals surface area contributed by atoms with Gasteiger partial charge in [0.1, 0.15) is 0 Å². The molecule has 1 aliphatic rings. The number of hydrogen-bond acceptors (Lipinski definition) is 0. The second-order valence-corrected chi connectivity index (χ2v) is 2.69. The molecular weight excluding hydrogens is 211 g/mol. The molecule has 0 saturated heterocycles. The number of alkyl halides is 1. The fourth-order valence-electron chi connectivity index (χ4n) is 0.764. The molecule has 0 heterocycles. The Kier molecular flexibility index (Phi) is 2.59. The van der Waals surface area contributed by atoms with Gasteiger partial charge in [-0.25, -0.2) is 0 Å². The van der Waals surface area contributed by atoms with Crippen molar-refractivity contribution in [3.05, 3.63) is 23.8 Å². The minimum Gasteiger partial charge on any atom is -0.0842 e. The summed E-state index contributed by atoms with van der Waals surface area (Å²) >= 11 is 2.40. The standard InChI is InChI=1S/C7H9I/c8-6-7-4-2-1-3-5-7/h1-2,4H,3,5-6H2. The number of halogens is 1. The first-order valence-corrected chi connectivity index (χ1v) is 4.36. The summed E-state index contributed by atoms with van der Waals surface area (Å²) in [6.07, 6.45) is 9.11. The van der Waals surface area contributed by atoms with Gasteiger partial charge in [-0.05, 0) is 12.8 Å². The Morgan fingerprint density at radius 3 is 2.88 bits per heavy atom. The highest BCUT2D eigenvalue weighted by Crippen LogP contribution is 2.13. The average Bonchev–Trinajstić information content (AvgIpc) is 1.90. The van der Waals surface area contributed by atoms with Crippen LogP contribution in [0.15, 0.2) is 23.8 Å². The van der Waals surface area contributed by atoms with Crippen molar-refractivity contribution in [3.63, 3.8) is 0 Å². The third-order valence-corrected chi connectivity index (χ3v) is 2.25. The Bertz CT molecular complexity index is 122. The van der Waals surface area contributed by atoms with Crippen LogP contribution in [-0.2, 0) is 0 Å². The van der Waals surface area contributed by atoms with Gasteiger partial charge in [-0.1, -0.05) is 46.4 Å². The molecule has 0 saturated carbocycles. The molecule has 0 aromatic heterocycles. The van der Waals surface area contributed by atoms with Crippen molar-refractivity contribution in [3.8, 4) is 0 Å².